The summed E-state index contributed by atoms with van der Waals surface area (Å²) in [5.74, 6) is -0.229. The number of esters is 1. The number of rotatable bonds is 5. The van der Waals surface area contributed by atoms with Crippen molar-refractivity contribution in [2.45, 2.75) is 19.4 Å². The third kappa shape index (κ3) is 3.01. The van der Waals surface area contributed by atoms with Gasteiger partial charge < -0.3 is 4.74 Å². The Morgan fingerprint density at radius 3 is 3.07 bits per heavy atom. The second-order valence-corrected chi connectivity index (χ2v) is 2.80. The predicted molar refractivity (Wildman–Crippen MR) is 48.9 cm³/mol. The van der Waals surface area contributed by atoms with Gasteiger partial charge in [0.1, 0.15) is 5.69 Å². The molecule has 14 heavy (non-hydrogen) atoms. The minimum atomic E-state index is -0.229. The first-order valence-corrected chi connectivity index (χ1v) is 4.31. The molecule has 0 aliphatic rings. The average Bonchev–Trinajstić information content (AvgIpc) is 2.65. The van der Waals surface area contributed by atoms with Crippen LogP contribution in [-0.4, -0.2) is 29.1 Å². The van der Waals surface area contributed by atoms with Gasteiger partial charge in [-0.1, -0.05) is 0 Å². The van der Waals surface area contributed by atoms with Crippen LogP contribution in [0.3, 0.4) is 0 Å². The maximum atomic E-state index is 10.8. The van der Waals surface area contributed by atoms with Crippen molar-refractivity contribution in [3.63, 3.8) is 0 Å². The van der Waals surface area contributed by atoms with E-state index in [4.69, 9.17) is 0 Å². The van der Waals surface area contributed by atoms with Crippen LogP contribution in [0.25, 0.3) is 0 Å². The Balaban J connectivity index is 2.31. The zero-order valence-corrected chi connectivity index (χ0v) is 7.97. The number of hydrogen-bond acceptors (Lipinski definition) is 4. The van der Waals surface area contributed by atoms with Crippen LogP contribution in [0, 0.1) is 0 Å². The molecule has 1 heterocycles. The summed E-state index contributed by atoms with van der Waals surface area (Å²) in [6.07, 6.45) is 3.43. The fourth-order valence-corrected chi connectivity index (χ4v) is 1.05. The molecule has 0 saturated heterocycles. The van der Waals surface area contributed by atoms with E-state index >= 15 is 0 Å². The van der Waals surface area contributed by atoms with Gasteiger partial charge in [0.15, 0.2) is 6.29 Å². The first kappa shape index (κ1) is 10.4. The number of hydrogen-bond donors (Lipinski definition) is 0. The fourth-order valence-electron chi connectivity index (χ4n) is 1.05. The van der Waals surface area contributed by atoms with E-state index in [0.29, 0.717) is 31.4 Å². The molecule has 1 aromatic rings. The summed E-state index contributed by atoms with van der Waals surface area (Å²) in [7, 11) is 1.36. The van der Waals surface area contributed by atoms with E-state index in [9.17, 15) is 9.59 Å². The van der Waals surface area contributed by atoms with Gasteiger partial charge in [0.2, 0.25) is 0 Å². The van der Waals surface area contributed by atoms with Gasteiger partial charge in [-0.05, 0) is 12.5 Å². The second-order valence-electron chi connectivity index (χ2n) is 2.80. The van der Waals surface area contributed by atoms with E-state index in [-0.39, 0.29) is 5.97 Å². The summed E-state index contributed by atoms with van der Waals surface area (Å²) in [6, 6.07) is 1.63. The molecule has 76 valence electrons. The van der Waals surface area contributed by atoms with E-state index in [1.807, 2.05) is 0 Å². The SMILES string of the molecule is COC(=O)CCCn1ccc(C=O)n1. The van der Waals surface area contributed by atoms with Crippen LogP contribution >= 0.6 is 0 Å². The summed E-state index contributed by atoms with van der Waals surface area (Å²) < 4.78 is 6.12. The molecule has 5 nitrogen and oxygen atoms in total. The molecule has 0 N–H and O–H groups in total. The zero-order valence-electron chi connectivity index (χ0n) is 7.97. The molecule has 0 radical (unpaired) electrons. The Hall–Kier alpha value is -1.65. The molecule has 0 saturated carbocycles. The molecule has 0 fully saturated rings. The minimum Gasteiger partial charge on any atom is -0.469 e. The first-order valence-electron chi connectivity index (χ1n) is 4.31. The molecule has 1 rings (SSSR count). The van der Waals surface area contributed by atoms with Crippen molar-refractivity contribution in [2.75, 3.05) is 7.11 Å². The first-order chi connectivity index (χ1) is 6.76. The molecule has 5 heteroatoms. The highest BCUT2D eigenvalue weighted by atomic mass is 16.5. The third-order valence-electron chi connectivity index (χ3n) is 1.78. The number of aromatic nitrogens is 2. The van der Waals surface area contributed by atoms with Crippen molar-refractivity contribution >= 4 is 12.3 Å². The zero-order chi connectivity index (χ0) is 10.4. The lowest BCUT2D eigenvalue weighted by Crippen LogP contribution is -2.04. The van der Waals surface area contributed by atoms with E-state index < -0.39 is 0 Å². The average molecular weight is 196 g/mol. The number of aldehydes is 1. The minimum absolute atomic E-state index is 0.229. The van der Waals surface area contributed by atoms with Crippen LogP contribution < -0.4 is 0 Å². The molecule has 0 aromatic carbocycles. The van der Waals surface area contributed by atoms with Crippen molar-refractivity contribution in [1.29, 1.82) is 0 Å². The summed E-state index contributed by atoms with van der Waals surface area (Å²) in [4.78, 5) is 21.1. The lowest BCUT2D eigenvalue weighted by Gasteiger charge is -1.99. The van der Waals surface area contributed by atoms with E-state index in [2.05, 4.69) is 9.84 Å². The largest absolute Gasteiger partial charge is 0.469 e. The number of aryl methyl sites for hydroxylation is 1. The molecule has 0 bridgehead atoms. The van der Waals surface area contributed by atoms with Gasteiger partial charge >= 0.3 is 5.97 Å². The van der Waals surface area contributed by atoms with Gasteiger partial charge in [-0.25, -0.2) is 0 Å². The Labute approximate surface area is 81.7 Å². The van der Waals surface area contributed by atoms with Crippen molar-refractivity contribution < 1.29 is 14.3 Å². The third-order valence-corrected chi connectivity index (χ3v) is 1.78. The van der Waals surface area contributed by atoms with Crippen LogP contribution in [0.1, 0.15) is 23.3 Å². The van der Waals surface area contributed by atoms with Gasteiger partial charge in [-0.3, -0.25) is 14.3 Å². The van der Waals surface area contributed by atoms with E-state index in [1.54, 1.807) is 16.9 Å². The molecule has 0 amide bonds. The molecular formula is C9H12N2O3. The molecule has 0 atom stereocenters. The van der Waals surface area contributed by atoms with Crippen molar-refractivity contribution in [3.8, 4) is 0 Å². The Morgan fingerprint density at radius 2 is 2.50 bits per heavy atom. The summed E-state index contributed by atoms with van der Waals surface area (Å²) in [5.41, 5.74) is 0.406. The summed E-state index contributed by atoms with van der Waals surface area (Å²) >= 11 is 0. The van der Waals surface area contributed by atoms with Crippen LogP contribution in [-0.2, 0) is 16.1 Å². The van der Waals surface area contributed by atoms with Crippen LogP contribution in [0.2, 0.25) is 0 Å². The van der Waals surface area contributed by atoms with Gasteiger partial charge in [0.25, 0.3) is 0 Å². The number of nitrogens with zero attached hydrogens (tertiary/aromatic N) is 2. The van der Waals surface area contributed by atoms with Crippen molar-refractivity contribution in [3.05, 3.63) is 18.0 Å². The summed E-state index contributed by atoms with van der Waals surface area (Å²) in [5, 5.41) is 3.95. The quantitative estimate of drug-likeness (QED) is 0.512. The predicted octanol–water partition coefficient (Wildman–Crippen LogP) is 0.649. The van der Waals surface area contributed by atoms with Crippen molar-refractivity contribution in [2.24, 2.45) is 0 Å². The topological polar surface area (TPSA) is 61.2 Å². The lowest BCUT2D eigenvalue weighted by molar-refractivity contribution is -0.140. The Bertz CT molecular complexity index is 320. The fraction of sp³-hybridized carbons (Fsp3) is 0.444. The van der Waals surface area contributed by atoms with Crippen LogP contribution in [0.4, 0.5) is 0 Å². The second kappa shape index (κ2) is 5.16. The van der Waals surface area contributed by atoms with E-state index in [0.717, 1.165) is 0 Å². The highest BCUT2D eigenvalue weighted by molar-refractivity contribution is 5.71. The lowest BCUT2D eigenvalue weighted by atomic mass is 10.3. The maximum Gasteiger partial charge on any atom is 0.305 e. The Kier molecular flexibility index (Phi) is 3.84. The maximum absolute atomic E-state index is 10.8. The van der Waals surface area contributed by atoms with Crippen LogP contribution in [0.15, 0.2) is 12.3 Å². The van der Waals surface area contributed by atoms with Gasteiger partial charge in [-0.2, -0.15) is 5.10 Å². The molecule has 0 aliphatic heterocycles. The standard InChI is InChI=1S/C9H12N2O3/c1-14-9(13)3-2-5-11-6-4-8(7-12)10-11/h4,6-7H,2-3,5H2,1H3. The number of carbonyl (C=O) groups excluding carboxylic acids is 2. The smallest absolute Gasteiger partial charge is 0.305 e. The number of ether oxygens (including phenoxy) is 1. The van der Waals surface area contributed by atoms with Gasteiger partial charge in [0.05, 0.1) is 7.11 Å². The van der Waals surface area contributed by atoms with Crippen molar-refractivity contribution in [1.82, 2.24) is 9.78 Å². The monoisotopic (exact) mass is 196 g/mol. The normalized spacial score (nSPS) is 9.79. The van der Waals surface area contributed by atoms with E-state index in [1.165, 1.54) is 7.11 Å². The molecule has 0 aliphatic carbocycles. The highest BCUT2D eigenvalue weighted by Gasteiger charge is 2.01. The van der Waals surface area contributed by atoms with Crippen LogP contribution in [0.5, 0.6) is 0 Å². The molecule has 0 spiro atoms. The molecule has 0 unspecified atom stereocenters. The number of methoxy groups -OCH3 is 1. The van der Waals surface area contributed by atoms with Gasteiger partial charge in [0, 0.05) is 19.2 Å². The van der Waals surface area contributed by atoms with Gasteiger partial charge in [-0.15, -0.1) is 0 Å². The molecule has 1 aromatic heterocycles. The Morgan fingerprint density at radius 1 is 1.71 bits per heavy atom. The summed E-state index contributed by atoms with van der Waals surface area (Å²) in [6.45, 7) is 0.614. The number of carbonyl (C=O) groups is 2. The molecular weight excluding hydrogens is 184 g/mol. The highest BCUT2D eigenvalue weighted by Crippen LogP contribution is 1.97.